The summed E-state index contributed by atoms with van der Waals surface area (Å²) in [5.74, 6) is 1.04. The van der Waals surface area contributed by atoms with E-state index < -0.39 is 6.03 Å². The van der Waals surface area contributed by atoms with Crippen molar-refractivity contribution in [2.75, 3.05) is 27.3 Å². The Kier molecular flexibility index (Phi) is 5.81. The van der Waals surface area contributed by atoms with Crippen molar-refractivity contribution in [3.63, 3.8) is 0 Å². The van der Waals surface area contributed by atoms with E-state index in [1.54, 1.807) is 14.2 Å². The minimum atomic E-state index is -0.812. The molecular weight excluding hydrogens is 298 g/mol. The molecule has 1 aliphatic heterocycles. The van der Waals surface area contributed by atoms with Crippen LogP contribution in [-0.4, -0.2) is 44.1 Å². The van der Waals surface area contributed by atoms with E-state index in [9.17, 15) is 9.59 Å². The number of methoxy groups -OCH3 is 2. The molecule has 126 valence electrons. The summed E-state index contributed by atoms with van der Waals surface area (Å²) in [7, 11) is 3.22. The molecule has 1 aliphatic rings. The molecule has 7 heteroatoms. The number of likely N-dealkylation sites (tertiary alicyclic amines) is 1. The zero-order chi connectivity index (χ0) is 16.8. The highest BCUT2D eigenvalue weighted by molar-refractivity contribution is 5.93. The Balaban J connectivity index is 2.03. The highest BCUT2D eigenvalue weighted by Crippen LogP contribution is 2.36. The lowest BCUT2D eigenvalue weighted by Gasteiger charge is -2.25. The van der Waals surface area contributed by atoms with Crippen LogP contribution in [0, 0.1) is 0 Å². The van der Waals surface area contributed by atoms with Gasteiger partial charge in [0.2, 0.25) is 5.91 Å². The first-order chi connectivity index (χ1) is 11.0. The molecule has 0 saturated carbocycles. The molecule has 1 atom stereocenters. The van der Waals surface area contributed by atoms with Crippen molar-refractivity contribution in [2.45, 2.75) is 25.3 Å². The van der Waals surface area contributed by atoms with Crippen LogP contribution < -0.4 is 20.5 Å². The molecule has 3 amide bonds. The molecule has 1 unspecified atom stereocenters. The fraction of sp³-hybridized carbons (Fsp3) is 0.500. The van der Waals surface area contributed by atoms with Gasteiger partial charge in [0.1, 0.15) is 0 Å². The molecule has 1 aromatic carbocycles. The van der Waals surface area contributed by atoms with E-state index in [1.807, 2.05) is 18.2 Å². The second-order valence-corrected chi connectivity index (χ2v) is 5.47. The smallest absolute Gasteiger partial charge is 0.318 e. The number of amides is 3. The Hall–Kier alpha value is -2.28. The Labute approximate surface area is 135 Å². The maximum Gasteiger partial charge on any atom is 0.318 e. The molecular formula is C16H23N3O4. The summed E-state index contributed by atoms with van der Waals surface area (Å²) >= 11 is 0. The average Bonchev–Trinajstić information content (AvgIpc) is 3.00. The second-order valence-electron chi connectivity index (χ2n) is 5.47. The molecule has 0 aliphatic carbocycles. The minimum Gasteiger partial charge on any atom is -0.493 e. The van der Waals surface area contributed by atoms with Gasteiger partial charge in [0.15, 0.2) is 11.5 Å². The molecule has 0 spiro atoms. The minimum absolute atomic E-state index is 0.233. The molecule has 0 aromatic heterocycles. The quantitative estimate of drug-likeness (QED) is 0.826. The molecule has 7 nitrogen and oxygen atoms in total. The largest absolute Gasteiger partial charge is 0.493 e. The van der Waals surface area contributed by atoms with Crippen molar-refractivity contribution in [1.82, 2.24) is 10.2 Å². The predicted octanol–water partition coefficient (Wildman–Crippen LogP) is 1.43. The third-order valence-electron chi connectivity index (χ3n) is 4.04. The van der Waals surface area contributed by atoms with Crippen molar-refractivity contribution in [1.29, 1.82) is 0 Å². The molecule has 3 N–H and O–H groups in total. The van der Waals surface area contributed by atoms with Crippen LogP contribution in [0.15, 0.2) is 18.2 Å². The third-order valence-corrected chi connectivity index (χ3v) is 4.04. The van der Waals surface area contributed by atoms with E-state index in [4.69, 9.17) is 15.2 Å². The first kappa shape index (κ1) is 17.1. The van der Waals surface area contributed by atoms with Crippen LogP contribution in [0.5, 0.6) is 11.5 Å². The fourth-order valence-electron chi connectivity index (χ4n) is 2.98. The summed E-state index contributed by atoms with van der Waals surface area (Å²) in [5, 5.41) is 2.09. The highest BCUT2D eigenvalue weighted by Gasteiger charge is 2.27. The van der Waals surface area contributed by atoms with Crippen LogP contribution in [0.3, 0.4) is 0 Å². The van der Waals surface area contributed by atoms with Crippen LogP contribution in [0.2, 0.25) is 0 Å². The topological polar surface area (TPSA) is 93.9 Å². The van der Waals surface area contributed by atoms with E-state index >= 15 is 0 Å². The van der Waals surface area contributed by atoms with Gasteiger partial charge in [-0.15, -0.1) is 0 Å². The fourth-order valence-corrected chi connectivity index (χ4v) is 2.98. The number of carbonyl (C=O) groups is 2. The van der Waals surface area contributed by atoms with Crippen LogP contribution in [-0.2, 0) is 4.79 Å². The maximum absolute atomic E-state index is 11.6. The van der Waals surface area contributed by atoms with Gasteiger partial charge in [-0.2, -0.15) is 0 Å². The van der Waals surface area contributed by atoms with Crippen molar-refractivity contribution < 1.29 is 19.1 Å². The maximum atomic E-state index is 11.6. The second kappa shape index (κ2) is 7.82. The molecule has 1 aromatic rings. The zero-order valence-electron chi connectivity index (χ0n) is 13.5. The SMILES string of the molecule is COc1ccc(C2CCCN2CCC(=O)NC(N)=O)cc1OC. The molecule has 2 rings (SSSR count). The Morgan fingerprint density at radius 1 is 1.30 bits per heavy atom. The van der Waals surface area contributed by atoms with Crippen molar-refractivity contribution >= 4 is 11.9 Å². The van der Waals surface area contributed by atoms with Crippen LogP contribution in [0.4, 0.5) is 4.79 Å². The number of primary amides is 1. The van der Waals surface area contributed by atoms with Gasteiger partial charge in [-0.1, -0.05) is 6.07 Å². The monoisotopic (exact) mass is 321 g/mol. The van der Waals surface area contributed by atoms with E-state index in [2.05, 4.69) is 10.2 Å². The number of rotatable bonds is 6. The summed E-state index contributed by atoms with van der Waals surface area (Å²) in [4.78, 5) is 24.5. The lowest BCUT2D eigenvalue weighted by molar-refractivity contribution is -0.120. The number of ether oxygens (including phenoxy) is 2. The Morgan fingerprint density at radius 2 is 2.04 bits per heavy atom. The van der Waals surface area contributed by atoms with Crippen molar-refractivity contribution in [3.8, 4) is 11.5 Å². The molecule has 0 radical (unpaired) electrons. The average molecular weight is 321 g/mol. The van der Waals surface area contributed by atoms with E-state index in [0.29, 0.717) is 18.0 Å². The summed E-state index contributed by atoms with van der Waals surface area (Å²) < 4.78 is 10.6. The Bertz CT molecular complexity index is 576. The third kappa shape index (κ3) is 4.35. The lowest BCUT2D eigenvalue weighted by atomic mass is 10.0. The van der Waals surface area contributed by atoms with Gasteiger partial charge in [-0.3, -0.25) is 15.0 Å². The lowest BCUT2D eigenvalue weighted by Crippen LogP contribution is -2.37. The summed E-state index contributed by atoms with van der Waals surface area (Å²) in [6, 6.07) is 5.31. The normalized spacial score (nSPS) is 17.7. The van der Waals surface area contributed by atoms with Gasteiger partial charge in [-0.05, 0) is 37.1 Å². The van der Waals surface area contributed by atoms with E-state index in [-0.39, 0.29) is 18.4 Å². The molecule has 0 bridgehead atoms. The van der Waals surface area contributed by atoms with Crippen LogP contribution >= 0.6 is 0 Å². The van der Waals surface area contributed by atoms with Gasteiger partial charge in [0, 0.05) is 19.0 Å². The number of nitrogens with two attached hydrogens (primary N) is 1. The van der Waals surface area contributed by atoms with Gasteiger partial charge in [0.25, 0.3) is 0 Å². The number of carbonyl (C=O) groups excluding carboxylic acids is 2. The van der Waals surface area contributed by atoms with Crippen molar-refractivity contribution in [2.24, 2.45) is 5.73 Å². The number of imide groups is 1. The van der Waals surface area contributed by atoms with Crippen molar-refractivity contribution in [3.05, 3.63) is 23.8 Å². The highest BCUT2D eigenvalue weighted by atomic mass is 16.5. The first-order valence-corrected chi connectivity index (χ1v) is 7.60. The number of hydrogen-bond donors (Lipinski definition) is 2. The Morgan fingerprint density at radius 3 is 2.70 bits per heavy atom. The zero-order valence-corrected chi connectivity index (χ0v) is 13.5. The summed E-state index contributed by atoms with van der Waals surface area (Å²) in [5.41, 5.74) is 6.08. The summed E-state index contributed by atoms with van der Waals surface area (Å²) in [6.45, 7) is 1.50. The predicted molar refractivity (Wildman–Crippen MR) is 85.4 cm³/mol. The standard InChI is InChI=1S/C16H23N3O4/c1-22-13-6-5-11(10-14(13)23-2)12-4-3-8-19(12)9-7-15(20)18-16(17)21/h5-6,10,12H,3-4,7-9H2,1-2H3,(H3,17,18,20,21). The molecule has 1 fully saturated rings. The van der Waals surface area contributed by atoms with E-state index in [1.165, 1.54) is 0 Å². The molecule has 1 saturated heterocycles. The van der Waals surface area contributed by atoms with Gasteiger partial charge in [-0.25, -0.2) is 4.79 Å². The van der Waals surface area contributed by atoms with Crippen LogP contribution in [0.1, 0.15) is 30.9 Å². The molecule has 23 heavy (non-hydrogen) atoms. The van der Waals surface area contributed by atoms with Gasteiger partial charge >= 0.3 is 6.03 Å². The number of nitrogens with zero attached hydrogens (tertiary/aromatic N) is 1. The van der Waals surface area contributed by atoms with Crippen LogP contribution in [0.25, 0.3) is 0 Å². The molecule has 1 heterocycles. The summed E-state index contributed by atoms with van der Waals surface area (Å²) in [6.07, 6.45) is 2.33. The number of hydrogen-bond acceptors (Lipinski definition) is 5. The van der Waals surface area contributed by atoms with Gasteiger partial charge < -0.3 is 15.2 Å². The number of benzene rings is 1. The first-order valence-electron chi connectivity index (χ1n) is 7.60. The number of urea groups is 1. The van der Waals surface area contributed by atoms with E-state index in [0.717, 1.165) is 24.9 Å². The number of nitrogens with one attached hydrogen (secondary N) is 1. The van der Waals surface area contributed by atoms with Gasteiger partial charge in [0.05, 0.1) is 14.2 Å².